The molecule has 0 saturated carbocycles. The van der Waals surface area contributed by atoms with E-state index in [2.05, 4.69) is 4.98 Å². The fourth-order valence-electron chi connectivity index (χ4n) is 1.09. The van der Waals surface area contributed by atoms with Crippen LogP contribution >= 0.6 is 22.9 Å². The monoisotopic (exact) mass is 214 g/mol. The molecule has 0 atom stereocenters. The van der Waals surface area contributed by atoms with Crippen molar-refractivity contribution < 1.29 is 5.11 Å². The van der Waals surface area contributed by atoms with E-state index in [0.29, 0.717) is 5.15 Å². The van der Waals surface area contributed by atoms with Gasteiger partial charge in [0, 0.05) is 11.6 Å². The van der Waals surface area contributed by atoms with Gasteiger partial charge in [-0.3, -0.25) is 4.40 Å². The summed E-state index contributed by atoms with van der Waals surface area (Å²) in [7, 11) is 0. The molecule has 3 nitrogen and oxygen atoms in total. The third-order valence-corrected chi connectivity index (χ3v) is 2.67. The number of nitrogens with zero attached hydrogens (tertiary/aromatic N) is 2. The Labute approximate surface area is 83.9 Å². The molecule has 13 heavy (non-hydrogen) atoms. The lowest BCUT2D eigenvalue weighted by atomic mass is 10.4. The smallest absolute Gasteiger partial charge is 0.195 e. The summed E-state index contributed by atoms with van der Waals surface area (Å²) in [5, 5.41) is 11.0. The summed E-state index contributed by atoms with van der Waals surface area (Å²) in [4.78, 5) is 5.00. The van der Waals surface area contributed by atoms with Gasteiger partial charge in [-0.15, -0.1) is 11.3 Å². The van der Waals surface area contributed by atoms with Crippen molar-refractivity contribution in [2.45, 2.75) is 0 Å². The molecule has 0 aromatic carbocycles. The third-order valence-electron chi connectivity index (χ3n) is 1.64. The maximum Gasteiger partial charge on any atom is 0.195 e. The largest absolute Gasteiger partial charge is 0.392 e. The van der Waals surface area contributed by atoms with Gasteiger partial charge in [0.1, 0.15) is 0 Å². The summed E-state index contributed by atoms with van der Waals surface area (Å²) >= 11 is 7.41. The predicted molar refractivity (Wildman–Crippen MR) is 54.2 cm³/mol. The van der Waals surface area contributed by atoms with Crippen molar-refractivity contribution in [3.63, 3.8) is 0 Å². The van der Waals surface area contributed by atoms with Crippen LogP contribution in [0.15, 0.2) is 17.7 Å². The minimum absolute atomic E-state index is 0.00764. The van der Waals surface area contributed by atoms with Crippen molar-refractivity contribution in [3.05, 3.63) is 28.5 Å². The van der Waals surface area contributed by atoms with Crippen LogP contribution in [0.25, 0.3) is 11.0 Å². The lowest BCUT2D eigenvalue weighted by Gasteiger charge is -1.89. The van der Waals surface area contributed by atoms with Crippen LogP contribution in [0.5, 0.6) is 0 Å². The summed E-state index contributed by atoms with van der Waals surface area (Å²) in [6.07, 6.45) is 5.29. The summed E-state index contributed by atoms with van der Waals surface area (Å²) in [5.41, 5.74) is 0.812. The molecule has 0 bridgehead atoms. The zero-order chi connectivity index (χ0) is 9.26. The zero-order valence-corrected chi connectivity index (χ0v) is 8.22. The number of aliphatic hydroxyl groups excluding tert-OH is 1. The van der Waals surface area contributed by atoms with E-state index in [9.17, 15) is 0 Å². The summed E-state index contributed by atoms with van der Waals surface area (Å²) in [6.45, 7) is 0.00764. The van der Waals surface area contributed by atoms with Crippen molar-refractivity contribution in [3.8, 4) is 0 Å². The van der Waals surface area contributed by atoms with E-state index in [1.165, 1.54) is 11.3 Å². The SMILES string of the molecule is OC/C=C/c1c(Cl)nc2sccn12. The highest BCUT2D eigenvalue weighted by atomic mass is 35.5. The molecule has 2 aromatic rings. The van der Waals surface area contributed by atoms with Gasteiger partial charge < -0.3 is 5.11 Å². The number of aliphatic hydroxyl groups is 1. The number of rotatable bonds is 2. The van der Waals surface area contributed by atoms with Crippen LogP contribution in [-0.2, 0) is 0 Å². The average Bonchev–Trinajstić information content (AvgIpc) is 2.62. The molecule has 0 saturated heterocycles. The van der Waals surface area contributed by atoms with Crippen LogP contribution < -0.4 is 0 Å². The fraction of sp³-hybridized carbons (Fsp3) is 0.125. The molecule has 5 heteroatoms. The van der Waals surface area contributed by atoms with Gasteiger partial charge in [-0.2, -0.15) is 0 Å². The van der Waals surface area contributed by atoms with Gasteiger partial charge in [0.15, 0.2) is 10.1 Å². The molecule has 0 aliphatic heterocycles. The molecule has 0 unspecified atom stereocenters. The second kappa shape index (κ2) is 3.49. The maximum atomic E-state index is 8.62. The van der Waals surface area contributed by atoms with Crippen LogP contribution in [-0.4, -0.2) is 21.1 Å². The van der Waals surface area contributed by atoms with Gasteiger partial charge in [0.25, 0.3) is 0 Å². The Morgan fingerprint density at radius 1 is 1.69 bits per heavy atom. The van der Waals surface area contributed by atoms with Crippen molar-refractivity contribution in [2.75, 3.05) is 6.61 Å². The van der Waals surface area contributed by atoms with Gasteiger partial charge in [0.05, 0.1) is 12.3 Å². The second-order valence-electron chi connectivity index (χ2n) is 2.43. The molecular formula is C8H7ClN2OS. The van der Waals surface area contributed by atoms with Crippen molar-refractivity contribution in [2.24, 2.45) is 0 Å². The highest BCUT2D eigenvalue weighted by Gasteiger charge is 2.07. The molecule has 2 rings (SSSR count). The molecule has 0 radical (unpaired) electrons. The van der Waals surface area contributed by atoms with Gasteiger partial charge in [-0.1, -0.05) is 17.7 Å². The van der Waals surface area contributed by atoms with E-state index in [1.807, 2.05) is 16.0 Å². The van der Waals surface area contributed by atoms with E-state index < -0.39 is 0 Å². The number of aromatic nitrogens is 2. The van der Waals surface area contributed by atoms with Crippen LogP contribution in [0.3, 0.4) is 0 Å². The predicted octanol–water partition coefficient (Wildman–Crippen LogP) is 2.05. The van der Waals surface area contributed by atoms with E-state index in [0.717, 1.165) is 10.7 Å². The Balaban J connectivity index is 2.57. The number of imidazole rings is 1. The lowest BCUT2D eigenvalue weighted by Crippen LogP contribution is -1.81. The third kappa shape index (κ3) is 1.48. The van der Waals surface area contributed by atoms with Gasteiger partial charge in [-0.05, 0) is 6.08 Å². The molecular weight excluding hydrogens is 208 g/mol. The maximum absolute atomic E-state index is 8.62. The first-order chi connectivity index (χ1) is 6.33. The molecule has 0 amide bonds. The first kappa shape index (κ1) is 8.74. The highest BCUT2D eigenvalue weighted by molar-refractivity contribution is 7.15. The topological polar surface area (TPSA) is 37.5 Å². The first-order valence-electron chi connectivity index (χ1n) is 3.71. The van der Waals surface area contributed by atoms with E-state index in [1.54, 1.807) is 12.2 Å². The molecule has 0 spiro atoms. The minimum atomic E-state index is 0.00764. The number of fused-ring (bicyclic) bond motifs is 1. The highest BCUT2D eigenvalue weighted by Crippen LogP contribution is 2.22. The van der Waals surface area contributed by atoms with Crippen molar-refractivity contribution in [1.82, 2.24) is 9.38 Å². The molecule has 2 aromatic heterocycles. The average molecular weight is 215 g/mol. The Kier molecular flexibility index (Phi) is 2.35. The standard InChI is InChI=1S/C8H7ClN2OS/c9-7-6(2-1-4-12)11-3-5-13-8(11)10-7/h1-3,5,12H,4H2/b2-1+. The van der Waals surface area contributed by atoms with Gasteiger partial charge >= 0.3 is 0 Å². The summed E-state index contributed by atoms with van der Waals surface area (Å²) < 4.78 is 1.89. The number of hydrogen-bond donors (Lipinski definition) is 1. The number of hydrogen-bond acceptors (Lipinski definition) is 3. The normalized spacial score (nSPS) is 11.8. The Bertz CT molecular complexity index is 446. The van der Waals surface area contributed by atoms with Crippen LogP contribution in [0.1, 0.15) is 5.69 Å². The first-order valence-corrected chi connectivity index (χ1v) is 4.97. The molecule has 0 aliphatic carbocycles. The second-order valence-corrected chi connectivity index (χ2v) is 3.66. The molecule has 2 heterocycles. The quantitative estimate of drug-likeness (QED) is 0.831. The Morgan fingerprint density at radius 2 is 2.54 bits per heavy atom. The van der Waals surface area contributed by atoms with Crippen molar-refractivity contribution in [1.29, 1.82) is 0 Å². The van der Waals surface area contributed by atoms with E-state index in [4.69, 9.17) is 16.7 Å². The fourth-order valence-corrected chi connectivity index (χ4v) is 2.10. The lowest BCUT2D eigenvalue weighted by molar-refractivity contribution is 0.343. The van der Waals surface area contributed by atoms with Crippen LogP contribution in [0.4, 0.5) is 0 Å². The van der Waals surface area contributed by atoms with Gasteiger partial charge in [-0.25, -0.2) is 4.98 Å². The van der Waals surface area contributed by atoms with Crippen LogP contribution in [0, 0.1) is 0 Å². The minimum Gasteiger partial charge on any atom is -0.392 e. The van der Waals surface area contributed by atoms with Crippen molar-refractivity contribution >= 4 is 34.0 Å². The van der Waals surface area contributed by atoms with E-state index in [-0.39, 0.29) is 6.61 Å². The molecule has 0 aliphatic rings. The Morgan fingerprint density at radius 3 is 3.31 bits per heavy atom. The summed E-state index contributed by atoms with van der Waals surface area (Å²) in [6, 6.07) is 0. The molecule has 68 valence electrons. The van der Waals surface area contributed by atoms with Crippen LogP contribution in [0.2, 0.25) is 5.15 Å². The molecule has 0 fully saturated rings. The van der Waals surface area contributed by atoms with Gasteiger partial charge in [0.2, 0.25) is 0 Å². The number of thiazole rings is 1. The number of halogens is 1. The Hall–Kier alpha value is -0.840. The molecule has 1 N–H and O–H groups in total. The zero-order valence-electron chi connectivity index (χ0n) is 6.64. The van der Waals surface area contributed by atoms with E-state index >= 15 is 0 Å². The summed E-state index contributed by atoms with van der Waals surface area (Å²) in [5.74, 6) is 0.